The first-order valence-corrected chi connectivity index (χ1v) is 9.23. The highest BCUT2D eigenvalue weighted by molar-refractivity contribution is 5.86. The molecule has 0 atom stereocenters. The average molecular weight is 349 g/mol. The number of carbonyl (C=O) groups excluding carboxylic acids is 2. The number of hydrogen-bond donors (Lipinski definition) is 3. The lowest BCUT2D eigenvalue weighted by Crippen LogP contribution is -2.37. The van der Waals surface area contributed by atoms with E-state index in [9.17, 15) is 14.4 Å². The molecular weight excluding hydrogens is 308 g/mol. The summed E-state index contributed by atoms with van der Waals surface area (Å²) in [5.41, 5.74) is 0. The Kier molecular flexibility index (Phi) is 37.2. The maximum Gasteiger partial charge on any atom is 0.303 e. The molecule has 0 radical (unpaired) electrons. The molecule has 0 saturated heterocycles. The molecule has 3 N–H and O–H groups in total. The molecular formula is C18H40N2O4. The molecule has 0 rings (SSSR count). The predicted molar refractivity (Wildman–Crippen MR) is 101 cm³/mol. The van der Waals surface area contributed by atoms with Gasteiger partial charge < -0.3 is 15.7 Å². The van der Waals surface area contributed by atoms with Crippen LogP contribution in [0.4, 0.5) is 0 Å². The normalized spacial score (nSPS) is 8.12. The Morgan fingerprint density at radius 2 is 1.29 bits per heavy atom. The Morgan fingerprint density at radius 3 is 1.71 bits per heavy atom. The van der Waals surface area contributed by atoms with E-state index >= 15 is 0 Å². The van der Waals surface area contributed by atoms with Crippen LogP contribution < -0.4 is 10.6 Å². The van der Waals surface area contributed by atoms with Crippen LogP contribution in [0.15, 0.2) is 0 Å². The maximum absolute atomic E-state index is 11.2. The van der Waals surface area contributed by atoms with Crippen molar-refractivity contribution in [1.82, 2.24) is 10.6 Å². The van der Waals surface area contributed by atoms with Crippen molar-refractivity contribution >= 4 is 17.8 Å². The fourth-order valence-electron chi connectivity index (χ4n) is 1.15. The van der Waals surface area contributed by atoms with Crippen LogP contribution in [0.2, 0.25) is 0 Å². The topological polar surface area (TPSA) is 95.5 Å². The number of aliphatic carboxylic acids is 1. The van der Waals surface area contributed by atoms with Crippen LogP contribution in [-0.4, -0.2) is 36.0 Å². The van der Waals surface area contributed by atoms with Gasteiger partial charge in [-0.25, -0.2) is 0 Å². The Bertz CT molecular complexity index is 282. The summed E-state index contributed by atoms with van der Waals surface area (Å²) in [6.45, 7) is 14.8. The van der Waals surface area contributed by atoms with Crippen LogP contribution in [-0.2, 0) is 14.4 Å². The fraction of sp³-hybridized carbons (Fsp3) is 0.833. The zero-order valence-electron chi connectivity index (χ0n) is 16.8. The summed E-state index contributed by atoms with van der Waals surface area (Å²) < 4.78 is 0. The highest BCUT2D eigenvalue weighted by atomic mass is 16.4. The lowest BCUT2D eigenvalue weighted by molar-refractivity contribution is -0.138. The van der Waals surface area contributed by atoms with Gasteiger partial charge in [-0.1, -0.05) is 67.7 Å². The van der Waals surface area contributed by atoms with Crippen molar-refractivity contribution in [1.29, 1.82) is 0 Å². The highest BCUT2D eigenvalue weighted by Crippen LogP contribution is 1.91. The van der Waals surface area contributed by atoms with Gasteiger partial charge >= 0.3 is 5.97 Å². The molecule has 0 aromatic heterocycles. The quantitative estimate of drug-likeness (QED) is 0.553. The molecule has 0 aliphatic rings. The molecule has 0 spiro atoms. The van der Waals surface area contributed by atoms with Crippen LogP contribution in [0.1, 0.15) is 87.0 Å². The summed E-state index contributed by atoms with van der Waals surface area (Å²) >= 11 is 0. The smallest absolute Gasteiger partial charge is 0.303 e. The van der Waals surface area contributed by atoms with Gasteiger partial charge in [0.1, 0.15) is 0 Å². The van der Waals surface area contributed by atoms with Crippen LogP contribution in [0.5, 0.6) is 0 Å². The van der Waals surface area contributed by atoms with Gasteiger partial charge in [0.25, 0.3) is 0 Å². The second-order valence-corrected chi connectivity index (χ2v) is 4.43. The van der Waals surface area contributed by atoms with Gasteiger partial charge in [-0.2, -0.15) is 0 Å². The summed E-state index contributed by atoms with van der Waals surface area (Å²) in [4.78, 5) is 32.5. The van der Waals surface area contributed by atoms with Gasteiger partial charge in [-0.3, -0.25) is 14.4 Å². The molecule has 0 aromatic carbocycles. The zero-order valence-corrected chi connectivity index (χ0v) is 16.8. The van der Waals surface area contributed by atoms with E-state index in [-0.39, 0.29) is 25.3 Å². The van der Waals surface area contributed by atoms with Crippen molar-refractivity contribution in [2.24, 2.45) is 0 Å². The number of carboxylic acids is 1. The first-order chi connectivity index (χ1) is 11.5. The van der Waals surface area contributed by atoms with Gasteiger partial charge in [-0.05, 0) is 6.42 Å². The third kappa shape index (κ3) is 37.0. The molecule has 0 aliphatic carbocycles. The lowest BCUT2D eigenvalue weighted by Gasteiger charge is -2.05. The van der Waals surface area contributed by atoms with Crippen molar-refractivity contribution in [3.05, 3.63) is 0 Å². The molecule has 0 fully saturated rings. The van der Waals surface area contributed by atoms with Crippen molar-refractivity contribution < 1.29 is 19.5 Å². The van der Waals surface area contributed by atoms with Gasteiger partial charge in [-0.15, -0.1) is 0 Å². The van der Waals surface area contributed by atoms with Crippen LogP contribution >= 0.6 is 0 Å². The Balaban J connectivity index is -0.000000247. The third-order valence-electron chi connectivity index (χ3n) is 2.11. The number of carboxylic acid groups (broad SMARTS) is 1. The van der Waals surface area contributed by atoms with Gasteiger partial charge in [0.2, 0.25) is 11.8 Å². The average Bonchev–Trinajstić information content (AvgIpc) is 2.59. The molecule has 0 aromatic rings. The second-order valence-electron chi connectivity index (χ2n) is 4.43. The molecule has 0 saturated carbocycles. The minimum absolute atomic E-state index is 0.0927. The first kappa shape index (κ1) is 30.3. The zero-order chi connectivity index (χ0) is 19.8. The van der Waals surface area contributed by atoms with E-state index in [4.69, 9.17) is 5.11 Å². The molecule has 6 nitrogen and oxygen atoms in total. The van der Waals surface area contributed by atoms with E-state index in [1.165, 1.54) is 6.42 Å². The summed E-state index contributed by atoms with van der Waals surface area (Å²) in [7, 11) is 0. The van der Waals surface area contributed by atoms with Crippen molar-refractivity contribution in [3.63, 3.8) is 0 Å². The summed E-state index contributed by atoms with van der Waals surface area (Å²) in [5.74, 6) is -1.69. The van der Waals surface area contributed by atoms with E-state index < -0.39 is 11.9 Å². The number of hydrogen-bond acceptors (Lipinski definition) is 3. The Labute approximate surface area is 148 Å². The number of unbranched alkanes of at least 4 members (excludes halogenated alkanes) is 2. The van der Waals surface area contributed by atoms with Crippen LogP contribution in [0, 0.1) is 0 Å². The van der Waals surface area contributed by atoms with E-state index in [0.717, 1.165) is 19.3 Å². The number of rotatable bonds is 9. The van der Waals surface area contributed by atoms with Crippen molar-refractivity contribution in [2.75, 3.05) is 13.1 Å². The molecule has 0 aliphatic heterocycles. The SMILES string of the molecule is CC.CC.CCC.CCCCCNC(=O)CNC(=O)CCC(=O)O. The Morgan fingerprint density at radius 1 is 0.792 bits per heavy atom. The van der Waals surface area contributed by atoms with Crippen molar-refractivity contribution in [2.45, 2.75) is 87.0 Å². The standard InChI is InChI=1S/C11H20N2O4.C3H8.2C2H6/c1-2-3-4-7-12-10(15)8-13-9(14)5-6-11(16)17;1-3-2;2*1-2/h2-8H2,1H3,(H,12,15)(H,13,14)(H,16,17);3H2,1-2H3;2*1-2H3. The predicted octanol–water partition coefficient (Wildman–Crippen LogP) is 3.74. The highest BCUT2D eigenvalue weighted by Gasteiger charge is 2.06. The van der Waals surface area contributed by atoms with Gasteiger partial charge in [0.15, 0.2) is 0 Å². The Hall–Kier alpha value is -1.59. The fourth-order valence-corrected chi connectivity index (χ4v) is 1.15. The van der Waals surface area contributed by atoms with Crippen LogP contribution in [0.25, 0.3) is 0 Å². The van der Waals surface area contributed by atoms with Crippen molar-refractivity contribution in [3.8, 4) is 0 Å². The summed E-state index contributed by atoms with van der Waals surface area (Å²) in [6.07, 6.45) is 4.00. The molecule has 0 bridgehead atoms. The van der Waals surface area contributed by atoms with E-state index in [0.29, 0.717) is 6.54 Å². The molecule has 0 heterocycles. The van der Waals surface area contributed by atoms with Gasteiger partial charge in [0, 0.05) is 13.0 Å². The number of amides is 2. The monoisotopic (exact) mass is 348 g/mol. The minimum Gasteiger partial charge on any atom is -0.481 e. The van der Waals surface area contributed by atoms with E-state index in [1.807, 2.05) is 27.7 Å². The third-order valence-corrected chi connectivity index (χ3v) is 2.11. The lowest BCUT2D eigenvalue weighted by atomic mass is 10.2. The summed E-state index contributed by atoms with van der Waals surface area (Å²) in [6, 6.07) is 0. The number of carbonyl (C=O) groups is 3. The van der Waals surface area contributed by atoms with E-state index in [2.05, 4.69) is 31.4 Å². The first-order valence-electron chi connectivity index (χ1n) is 9.23. The second kappa shape index (κ2) is 29.4. The molecule has 24 heavy (non-hydrogen) atoms. The van der Waals surface area contributed by atoms with E-state index in [1.54, 1.807) is 0 Å². The van der Waals surface area contributed by atoms with Gasteiger partial charge in [0.05, 0.1) is 13.0 Å². The largest absolute Gasteiger partial charge is 0.481 e. The molecule has 0 unspecified atom stereocenters. The molecule has 146 valence electrons. The molecule has 2 amide bonds. The summed E-state index contributed by atoms with van der Waals surface area (Å²) in [5, 5.41) is 13.4. The minimum atomic E-state index is -1.02. The number of nitrogens with one attached hydrogen (secondary N) is 2. The van der Waals surface area contributed by atoms with Crippen LogP contribution in [0.3, 0.4) is 0 Å². The maximum atomic E-state index is 11.2. The molecule has 6 heteroatoms.